The maximum absolute atomic E-state index is 2.46. The molecule has 2 nitrogen and oxygen atoms in total. The van der Waals surface area contributed by atoms with Gasteiger partial charge in [-0.15, -0.1) is 0 Å². The summed E-state index contributed by atoms with van der Waals surface area (Å²) in [5.74, 6) is 0. The summed E-state index contributed by atoms with van der Waals surface area (Å²) in [5.41, 5.74) is 14.4. The van der Waals surface area contributed by atoms with Crippen LogP contribution < -0.4 is 4.90 Å². The Morgan fingerprint density at radius 1 is 0.367 bits per heavy atom. The van der Waals surface area contributed by atoms with Crippen molar-refractivity contribution in [1.82, 2.24) is 4.57 Å². The number of hydrogen-bond acceptors (Lipinski definition) is 2. The zero-order valence-corrected chi connectivity index (χ0v) is 33.4. The second kappa shape index (κ2) is 12.8. The molecule has 280 valence electrons. The standard InChI is InChI=1S/C57H36N2S/c1-2-18-40(19-3-1)59-52-26-10-7-21-45(52)47-35-42(31-33-53(47)59)58(41-29-28-37-14-4-5-15-39(37)34-41)43-30-32-50-55(36-43)60-54-27-11-9-24-49(54)57(50)48-23-8-6-20-44(48)46-22-12-16-38-17-13-25-51(57)56(38)46/h1-36H. The summed E-state index contributed by atoms with van der Waals surface area (Å²) in [7, 11) is 0. The molecule has 2 heterocycles. The van der Waals surface area contributed by atoms with Crippen LogP contribution in [0.2, 0.25) is 0 Å². The summed E-state index contributed by atoms with van der Waals surface area (Å²) in [6.07, 6.45) is 0. The Kier molecular flexibility index (Phi) is 7.19. The molecule has 0 saturated carbocycles. The molecular weight excluding hydrogens is 745 g/mol. The van der Waals surface area contributed by atoms with E-state index in [4.69, 9.17) is 0 Å². The van der Waals surface area contributed by atoms with Crippen molar-refractivity contribution in [2.45, 2.75) is 15.2 Å². The average molecular weight is 781 g/mol. The fourth-order valence-corrected chi connectivity index (χ4v) is 11.8. The number of para-hydroxylation sites is 2. The number of hydrogen-bond donors (Lipinski definition) is 0. The van der Waals surface area contributed by atoms with E-state index in [-0.39, 0.29) is 0 Å². The Labute approximate surface area is 352 Å². The van der Waals surface area contributed by atoms with Crippen molar-refractivity contribution < 1.29 is 0 Å². The van der Waals surface area contributed by atoms with Crippen molar-refractivity contribution in [2.75, 3.05) is 4.90 Å². The van der Waals surface area contributed by atoms with Crippen LogP contribution in [0.1, 0.15) is 22.3 Å². The second-order valence-electron chi connectivity index (χ2n) is 16.0. The topological polar surface area (TPSA) is 8.17 Å². The molecule has 0 amide bonds. The number of aromatic nitrogens is 1. The van der Waals surface area contributed by atoms with E-state index < -0.39 is 5.41 Å². The molecule has 0 bridgehead atoms. The summed E-state index contributed by atoms with van der Waals surface area (Å²) in [6.45, 7) is 0. The van der Waals surface area contributed by atoms with Crippen molar-refractivity contribution >= 4 is 72.2 Å². The van der Waals surface area contributed by atoms with Crippen molar-refractivity contribution in [3.8, 4) is 16.8 Å². The minimum Gasteiger partial charge on any atom is -0.310 e. The highest BCUT2D eigenvalue weighted by Crippen LogP contribution is 2.61. The van der Waals surface area contributed by atoms with Crippen LogP contribution in [-0.4, -0.2) is 4.57 Å². The van der Waals surface area contributed by atoms with E-state index in [9.17, 15) is 0 Å². The van der Waals surface area contributed by atoms with Gasteiger partial charge in [0.15, 0.2) is 0 Å². The van der Waals surface area contributed by atoms with Gasteiger partial charge in [0.05, 0.1) is 16.4 Å². The number of fused-ring (bicyclic) bond motifs is 12. The molecule has 0 radical (unpaired) electrons. The Morgan fingerprint density at radius 3 is 1.90 bits per heavy atom. The van der Waals surface area contributed by atoms with Crippen LogP contribution >= 0.6 is 11.8 Å². The molecule has 1 aromatic heterocycles. The first-order chi connectivity index (χ1) is 29.8. The van der Waals surface area contributed by atoms with Crippen molar-refractivity contribution in [3.05, 3.63) is 241 Å². The fourth-order valence-electron chi connectivity index (χ4n) is 10.5. The van der Waals surface area contributed by atoms with Crippen LogP contribution in [0.3, 0.4) is 0 Å². The van der Waals surface area contributed by atoms with Crippen LogP contribution in [0.4, 0.5) is 17.1 Å². The molecular formula is C57H36N2S. The maximum atomic E-state index is 2.46. The van der Waals surface area contributed by atoms with E-state index in [1.807, 2.05) is 11.8 Å². The largest absolute Gasteiger partial charge is 0.310 e. The molecule has 60 heavy (non-hydrogen) atoms. The van der Waals surface area contributed by atoms with E-state index in [1.54, 1.807) is 0 Å². The monoisotopic (exact) mass is 780 g/mol. The first kappa shape index (κ1) is 33.6. The summed E-state index contributed by atoms with van der Waals surface area (Å²) in [4.78, 5) is 5.02. The third-order valence-electron chi connectivity index (χ3n) is 13.0. The molecule has 0 fully saturated rings. The third-order valence-corrected chi connectivity index (χ3v) is 14.1. The zero-order valence-electron chi connectivity index (χ0n) is 32.6. The lowest BCUT2D eigenvalue weighted by Crippen LogP contribution is -2.36. The van der Waals surface area contributed by atoms with Gasteiger partial charge in [-0.1, -0.05) is 163 Å². The molecule has 0 saturated heterocycles. The summed E-state index contributed by atoms with van der Waals surface area (Å²) < 4.78 is 2.39. The van der Waals surface area contributed by atoms with Gasteiger partial charge >= 0.3 is 0 Å². The lowest BCUT2D eigenvalue weighted by molar-refractivity contribution is 0.707. The predicted octanol–water partition coefficient (Wildman–Crippen LogP) is 15.4. The van der Waals surface area contributed by atoms with Gasteiger partial charge in [0.25, 0.3) is 0 Å². The van der Waals surface area contributed by atoms with Crippen molar-refractivity contribution in [3.63, 3.8) is 0 Å². The van der Waals surface area contributed by atoms with Crippen LogP contribution in [0.5, 0.6) is 0 Å². The Morgan fingerprint density at radius 2 is 0.983 bits per heavy atom. The first-order valence-corrected chi connectivity index (χ1v) is 21.5. The smallest absolute Gasteiger partial charge is 0.0735 e. The Balaban J connectivity index is 1.07. The predicted molar refractivity (Wildman–Crippen MR) is 252 cm³/mol. The average Bonchev–Trinajstić information content (AvgIpc) is 3.64. The van der Waals surface area contributed by atoms with Gasteiger partial charge in [-0.25, -0.2) is 0 Å². The minimum atomic E-state index is -0.494. The van der Waals surface area contributed by atoms with Crippen LogP contribution in [-0.2, 0) is 5.41 Å². The summed E-state index contributed by atoms with van der Waals surface area (Å²) in [6, 6.07) is 81.2. The molecule has 0 N–H and O–H groups in total. The second-order valence-corrected chi connectivity index (χ2v) is 17.1. The molecule has 13 rings (SSSR count). The lowest BCUT2D eigenvalue weighted by atomic mass is 9.59. The molecule has 3 heteroatoms. The minimum absolute atomic E-state index is 0.494. The van der Waals surface area contributed by atoms with Gasteiger partial charge in [-0.2, -0.15) is 0 Å². The molecule has 1 aliphatic carbocycles. The molecule has 11 aromatic rings. The van der Waals surface area contributed by atoms with Gasteiger partial charge in [-0.3, -0.25) is 0 Å². The van der Waals surface area contributed by atoms with Gasteiger partial charge in [-0.05, 0) is 122 Å². The van der Waals surface area contributed by atoms with E-state index in [2.05, 4.69) is 228 Å². The number of nitrogens with zero attached hydrogens (tertiary/aromatic N) is 2. The van der Waals surface area contributed by atoms with E-state index in [0.717, 1.165) is 22.7 Å². The molecule has 1 atom stereocenters. The first-order valence-electron chi connectivity index (χ1n) is 20.7. The third kappa shape index (κ3) is 4.67. The fraction of sp³-hybridized carbons (Fsp3) is 0.0175. The van der Waals surface area contributed by atoms with Crippen molar-refractivity contribution in [2.24, 2.45) is 0 Å². The Bertz CT molecular complexity index is 3540. The SMILES string of the molecule is c1ccc(-n2c3ccccc3c3cc(N(c4ccc5c(c4)Sc4ccccc4C54c5ccccc5-c5cccc6cccc4c56)c4ccc5ccccc5c4)ccc32)cc1. The lowest BCUT2D eigenvalue weighted by Gasteiger charge is -2.46. The number of rotatable bonds is 4. The highest BCUT2D eigenvalue weighted by atomic mass is 32.2. The quantitative estimate of drug-likeness (QED) is 0.176. The van der Waals surface area contributed by atoms with Crippen LogP contribution in [0, 0.1) is 0 Å². The maximum Gasteiger partial charge on any atom is 0.0735 e. The molecule has 2 aliphatic rings. The van der Waals surface area contributed by atoms with Crippen molar-refractivity contribution in [1.29, 1.82) is 0 Å². The van der Waals surface area contributed by atoms with E-state index in [1.165, 1.54) is 86.5 Å². The van der Waals surface area contributed by atoms with E-state index >= 15 is 0 Å². The van der Waals surface area contributed by atoms with Gasteiger partial charge in [0.1, 0.15) is 0 Å². The van der Waals surface area contributed by atoms with Gasteiger partial charge in [0, 0.05) is 43.3 Å². The van der Waals surface area contributed by atoms with Crippen LogP contribution in [0.15, 0.2) is 228 Å². The highest BCUT2D eigenvalue weighted by molar-refractivity contribution is 7.99. The van der Waals surface area contributed by atoms with Gasteiger partial charge < -0.3 is 9.47 Å². The molecule has 1 aliphatic heterocycles. The summed E-state index contributed by atoms with van der Waals surface area (Å²) >= 11 is 1.90. The summed E-state index contributed by atoms with van der Waals surface area (Å²) in [5, 5.41) is 7.53. The van der Waals surface area contributed by atoms with Crippen LogP contribution in [0.25, 0.3) is 60.2 Å². The molecule has 1 spiro atoms. The number of benzene rings is 10. The normalized spacial score (nSPS) is 15.0. The molecule has 1 unspecified atom stereocenters. The highest BCUT2D eigenvalue weighted by Gasteiger charge is 2.48. The number of anilines is 3. The Hall–Kier alpha value is -7.33. The van der Waals surface area contributed by atoms with Gasteiger partial charge in [0.2, 0.25) is 0 Å². The molecule has 10 aromatic carbocycles. The van der Waals surface area contributed by atoms with E-state index in [0.29, 0.717) is 0 Å². The zero-order chi connectivity index (χ0) is 39.4.